The number of benzene rings is 2. The zero-order chi connectivity index (χ0) is 13.9. The summed E-state index contributed by atoms with van der Waals surface area (Å²) < 4.78 is 0. The monoisotopic (exact) mass is 282 g/mol. The van der Waals surface area contributed by atoms with Gasteiger partial charge in [0.1, 0.15) is 6.07 Å². The molecule has 1 fully saturated rings. The van der Waals surface area contributed by atoms with Crippen molar-refractivity contribution in [2.24, 2.45) is 0 Å². The molecule has 1 heterocycles. The molecule has 0 aliphatic carbocycles. The van der Waals surface area contributed by atoms with Gasteiger partial charge in [-0.3, -0.25) is 0 Å². The van der Waals surface area contributed by atoms with Crippen LogP contribution >= 0.6 is 11.6 Å². The van der Waals surface area contributed by atoms with Gasteiger partial charge in [-0.15, -0.1) is 0 Å². The maximum Gasteiger partial charge on any atom is 0.101 e. The Hall–Kier alpha value is -1.98. The molecule has 1 aliphatic heterocycles. The SMILES string of the molecule is N#Cc1cc(Cl)ccc1N1CCC(c2ccccc2)C1. The Labute approximate surface area is 124 Å². The fraction of sp³-hybridized carbons (Fsp3) is 0.235. The lowest BCUT2D eigenvalue weighted by molar-refractivity contribution is 0.775. The van der Waals surface area contributed by atoms with E-state index in [-0.39, 0.29) is 0 Å². The predicted molar refractivity (Wildman–Crippen MR) is 82.2 cm³/mol. The molecule has 0 bridgehead atoms. The van der Waals surface area contributed by atoms with Crippen molar-refractivity contribution in [3.05, 3.63) is 64.7 Å². The Bertz CT molecular complexity index is 646. The largest absolute Gasteiger partial charge is 0.370 e. The number of rotatable bonds is 2. The highest BCUT2D eigenvalue weighted by molar-refractivity contribution is 6.30. The normalized spacial score (nSPS) is 18.0. The molecule has 0 amide bonds. The maximum atomic E-state index is 9.25. The van der Waals surface area contributed by atoms with Gasteiger partial charge in [0.05, 0.1) is 11.3 Å². The van der Waals surface area contributed by atoms with Crippen molar-refractivity contribution in [2.45, 2.75) is 12.3 Å². The maximum absolute atomic E-state index is 9.25. The Morgan fingerprint density at radius 2 is 1.95 bits per heavy atom. The molecule has 2 aromatic carbocycles. The van der Waals surface area contributed by atoms with Gasteiger partial charge in [0.2, 0.25) is 0 Å². The molecule has 1 unspecified atom stereocenters. The van der Waals surface area contributed by atoms with Crippen molar-refractivity contribution < 1.29 is 0 Å². The standard InChI is InChI=1S/C17H15ClN2/c18-16-6-7-17(15(10-16)11-19)20-9-8-14(12-20)13-4-2-1-3-5-13/h1-7,10,14H,8-9,12H2. The summed E-state index contributed by atoms with van der Waals surface area (Å²) in [5.41, 5.74) is 3.03. The van der Waals surface area contributed by atoms with Crippen molar-refractivity contribution in [1.82, 2.24) is 0 Å². The second-order valence-corrected chi connectivity index (χ2v) is 5.55. The van der Waals surface area contributed by atoms with E-state index in [1.165, 1.54) is 5.56 Å². The van der Waals surface area contributed by atoms with Crippen molar-refractivity contribution in [2.75, 3.05) is 18.0 Å². The molecule has 3 heteroatoms. The summed E-state index contributed by atoms with van der Waals surface area (Å²) in [6.07, 6.45) is 1.12. The molecule has 0 saturated carbocycles. The van der Waals surface area contributed by atoms with Crippen molar-refractivity contribution >= 4 is 17.3 Å². The van der Waals surface area contributed by atoms with E-state index in [4.69, 9.17) is 11.6 Å². The minimum Gasteiger partial charge on any atom is -0.370 e. The third-order valence-electron chi connectivity index (χ3n) is 3.88. The van der Waals surface area contributed by atoms with Crippen LogP contribution in [-0.4, -0.2) is 13.1 Å². The Morgan fingerprint density at radius 1 is 1.15 bits per heavy atom. The summed E-state index contributed by atoms with van der Waals surface area (Å²) in [7, 11) is 0. The summed E-state index contributed by atoms with van der Waals surface area (Å²) in [5, 5.41) is 9.87. The van der Waals surface area contributed by atoms with Crippen LogP contribution in [-0.2, 0) is 0 Å². The summed E-state index contributed by atoms with van der Waals surface area (Å²) in [6, 6.07) is 18.4. The zero-order valence-electron chi connectivity index (χ0n) is 11.1. The van der Waals surface area contributed by atoms with Crippen LogP contribution in [0, 0.1) is 11.3 Å². The first-order chi connectivity index (χ1) is 9.78. The van der Waals surface area contributed by atoms with Gasteiger partial charge < -0.3 is 4.90 Å². The molecule has 3 rings (SSSR count). The summed E-state index contributed by atoms with van der Waals surface area (Å²) >= 11 is 5.96. The van der Waals surface area contributed by atoms with E-state index >= 15 is 0 Å². The quantitative estimate of drug-likeness (QED) is 0.825. The lowest BCUT2D eigenvalue weighted by Gasteiger charge is -2.20. The lowest BCUT2D eigenvalue weighted by atomic mass is 9.99. The molecule has 20 heavy (non-hydrogen) atoms. The van der Waals surface area contributed by atoms with Crippen LogP contribution in [0.15, 0.2) is 48.5 Å². The molecule has 0 N–H and O–H groups in total. The molecule has 1 saturated heterocycles. The Balaban J connectivity index is 1.83. The van der Waals surface area contributed by atoms with Gasteiger partial charge in [-0.2, -0.15) is 5.26 Å². The molecule has 0 radical (unpaired) electrons. The van der Waals surface area contributed by atoms with Crippen LogP contribution in [0.3, 0.4) is 0 Å². The van der Waals surface area contributed by atoms with Crippen LogP contribution in [0.5, 0.6) is 0 Å². The van der Waals surface area contributed by atoms with Crippen molar-refractivity contribution in [3.63, 3.8) is 0 Å². The molecular weight excluding hydrogens is 268 g/mol. The van der Waals surface area contributed by atoms with E-state index in [9.17, 15) is 5.26 Å². The topological polar surface area (TPSA) is 27.0 Å². The number of nitriles is 1. The molecule has 100 valence electrons. The predicted octanol–water partition coefficient (Wildman–Crippen LogP) is 4.21. The van der Waals surface area contributed by atoms with E-state index in [0.717, 1.165) is 25.2 Å². The fourth-order valence-corrected chi connectivity index (χ4v) is 3.02. The second-order valence-electron chi connectivity index (χ2n) is 5.12. The van der Waals surface area contributed by atoms with E-state index in [0.29, 0.717) is 16.5 Å². The van der Waals surface area contributed by atoms with Gasteiger partial charge in [0.25, 0.3) is 0 Å². The van der Waals surface area contributed by atoms with Crippen LogP contribution < -0.4 is 4.90 Å². The van der Waals surface area contributed by atoms with E-state index in [2.05, 4.69) is 35.2 Å². The van der Waals surface area contributed by atoms with Crippen molar-refractivity contribution in [3.8, 4) is 6.07 Å². The lowest BCUT2D eigenvalue weighted by Crippen LogP contribution is -2.20. The first kappa shape index (κ1) is 13.0. The van der Waals surface area contributed by atoms with E-state index in [1.54, 1.807) is 6.07 Å². The summed E-state index contributed by atoms with van der Waals surface area (Å²) in [6.45, 7) is 1.94. The molecule has 0 aromatic heterocycles. The number of halogens is 1. The molecule has 0 spiro atoms. The van der Waals surface area contributed by atoms with Crippen LogP contribution in [0.2, 0.25) is 5.02 Å². The van der Waals surface area contributed by atoms with Crippen LogP contribution in [0.4, 0.5) is 5.69 Å². The molecule has 1 aliphatic rings. The Morgan fingerprint density at radius 3 is 2.70 bits per heavy atom. The molecule has 1 atom stereocenters. The van der Waals surface area contributed by atoms with E-state index in [1.807, 2.05) is 18.2 Å². The van der Waals surface area contributed by atoms with Gasteiger partial charge in [-0.1, -0.05) is 41.9 Å². The van der Waals surface area contributed by atoms with Gasteiger partial charge in [-0.25, -0.2) is 0 Å². The first-order valence-corrected chi connectivity index (χ1v) is 7.15. The third kappa shape index (κ3) is 2.50. The number of hydrogen-bond donors (Lipinski definition) is 0. The fourth-order valence-electron chi connectivity index (χ4n) is 2.85. The zero-order valence-corrected chi connectivity index (χ0v) is 11.8. The van der Waals surface area contributed by atoms with Gasteiger partial charge in [0.15, 0.2) is 0 Å². The van der Waals surface area contributed by atoms with Gasteiger partial charge in [0, 0.05) is 24.0 Å². The van der Waals surface area contributed by atoms with Crippen molar-refractivity contribution in [1.29, 1.82) is 5.26 Å². The average Bonchev–Trinajstić information content (AvgIpc) is 2.97. The Kier molecular flexibility index (Phi) is 3.62. The number of hydrogen-bond acceptors (Lipinski definition) is 2. The van der Waals surface area contributed by atoms with Gasteiger partial charge in [-0.05, 0) is 30.2 Å². The molecule has 2 aromatic rings. The van der Waals surface area contributed by atoms with E-state index < -0.39 is 0 Å². The highest BCUT2D eigenvalue weighted by Crippen LogP contribution is 2.33. The first-order valence-electron chi connectivity index (χ1n) is 6.77. The highest BCUT2D eigenvalue weighted by Gasteiger charge is 2.25. The second kappa shape index (κ2) is 5.56. The number of nitrogens with zero attached hydrogens (tertiary/aromatic N) is 2. The smallest absolute Gasteiger partial charge is 0.101 e. The number of anilines is 1. The minimum atomic E-state index is 0.540. The summed E-state index contributed by atoms with van der Waals surface area (Å²) in [5.74, 6) is 0.540. The molecular formula is C17H15ClN2. The van der Waals surface area contributed by atoms with Gasteiger partial charge >= 0.3 is 0 Å². The third-order valence-corrected chi connectivity index (χ3v) is 4.11. The van der Waals surface area contributed by atoms with Crippen LogP contribution in [0.1, 0.15) is 23.5 Å². The summed E-state index contributed by atoms with van der Waals surface area (Å²) in [4.78, 5) is 2.28. The average molecular weight is 283 g/mol. The minimum absolute atomic E-state index is 0.540. The van der Waals surface area contributed by atoms with Crippen LogP contribution in [0.25, 0.3) is 0 Å². The molecule has 2 nitrogen and oxygen atoms in total. The highest BCUT2D eigenvalue weighted by atomic mass is 35.5.